The van der Waals surface area contributed by atoms with Crippen molar-refractivity contribution in [1.82, 2.24) is 14.8 Å². The maximum absolute atomic E-state index is 12.8. The molecule has 0 radical (unpaired) electrons. The van der Waals surface area contributed by atoms with E-state index in [1.807, 2.05) is 26.1 Å². The van der Waals surface area contributed by atoms with Crippen molar-refractivity contribution in [3.63, 3.8) is 0 Å². The predicted octanol–water partition coefficient (Wildman–Crippen LogP) is 3.78. The Morgan fingerprint density at radius 2 is 2.07 bits per heavy atom. The monoisotopic (exact) mass is 389 g/mol. The quantitative estimate of drug-likeness (QED) is 0.784. The third kappa shape index (κ3) is 4.43. The second-order valence-corrected chi connectivity index (χ2v) is 8.87. The zero-order valence-electron chi connectivity index (χ0n) is 16.7. The summed E-state index contributed by atoms with van der Waals surface area (Å²) in [5.74, 6) is -0.123. The van der Waals surface area contributed by atoms with Gasteiger partial charge >= 0.3 is 0 Å². The first kappa shape index (κ1) is 20.1. The first-order valence-electron chi connectivity index (χ1n) is 10.1. The molecular weight excluding hydrogens is 358 g/mol. The smallest absolute Gasteiger partial charge is 0.260 e. The van der Waals surface area contributed by atoms with Crippen molar-refractivity contribution in [2.45, 2.75) is 65.0 Å². The minimum absolute atomic E-state index is 0.0526. The highest BCUT2D eigenvalue weighted by molar-refractivity contribution is 7.19. The maximum Gasteiger partial charge on any atom is 0.260 e. The summed E-state index contributed by atoms with van der Waals surface area (Å²) in [5.41, 5.74) is 0.508. The molecule has 2 aromatic rings. The van der Waals surface area contributed by atoms with E-state index in [1.54, 1.807) is 4.57 Å². The van der Waals surface area contributed by atoms with E-state index in [-0.39, 0.29) is 11.5 Å². The fourth-order valence-corrected chi connectivity index (χ4v) is 5.14. The van der Waals surface area contributed by atoms with Crippen molar-refractivity contribution >= 4 is 27.3 Å². The van der Waals surface area contributed by atoms with Crippen LogP contribution in [0.3, 0.4) is 0 Å². The molecule has 148 valence electrons. The molecule has 2 heterocycles. The van der Waals surface area contributed by atoms with E-state index in [1.165, 1.54) is 43.4 Å². The third-order valence-electron chi connectivity index (χ3n) is 5.63. The summed E-state index contributed by atoms with van der Waals surface area (Å²) in [6, 6.07) is 2.60. The summed E-state index contributed by atoms with van der Waals surface area (Å²) in [6.07, 6.45) is 9.22. The lowest BCUT2D eigenvalue weighted by Gasteiger charge is -2.31. The van der Waals surface area contributed by atoms with Gasteiger partial charge in [0.1, 0.15) is 0 Å². The zero-order valence-corrected chi connectivity index (χ0v) is 17.5. The van der Waals surface area contributed by atoms with E-state index in [0.29, 0.717) is 30.1 Å². The first-order chi connectivity index (χ1) is 13.0. The summed E-state index contributed by atoms with van der Waals surface area (Å²) in [7, 11) is 2.15. The van der Waals surface area contributed by atoms with Crippen molar-refractivity contribution in [3.8, 4) is 0 Å². The van der Waals surface area contributed by atoms with Gasteiger partial charge < -0.3 is 14.8 Å². The van der Waals surface area contributed by atoms with Gasteiger partial charge in [-0.25, -0.2) is 0 Å². The van der Waals surface area contributed by atoms with Crippen LogP contribution in [0.15, 0.2) is 17.1 Å². The van der Waals surface area contributed by atoms with Gasteiger partial charge in [0.2, 0.25) is 0 Å². The highest BCUT2D eigenvalue weighted by atomic mass is 32.1. The van der Waals surface area contributed by atoms with Crippen LogP contribution >= 0.6 is 11.3 Å². The molecule has 5 nitrogen and oxygen atoms in total. The zero-order chi connectivity index (χ0) is 19.4. The van der Waals surface area contributed by atoms with Gasteiger partial charge in [0, 0.05) is 41.5 Å². The van der Waals surface area contributed by atoms with Crippen LogP contribution < -0.4 is 10.9 Å². The van der Waals surface area contributed by atoms with Crippen molar-refractivity contribution in [3.05, 3.63) is 33.1 Å². The van der Waals surface area contributed by atoms with Crippen molar-refractivity contribution < 1.29 is 4.79 Å². The summed E-state index contributed by atoms with van der Waals surface area (Å²) in [5, 5.41) is 3.62. The molecule has 0 aromatic carbocycles. The molecule has 3 rings (SSSR count). The number of thiophene rings is 1. The van der Waals surface area contributed by atoms with Crippen LogP contribution in [-0.4, -0.2) is 41.6 Å². The number of fused-ring (bicyclic) bond motifs is 1. The van der Waals surface area contributed by atoms with Crippen LogP contribution in [0.5, 0.6) is 0 Å². The number of pyridine rings is 1. The molecule has 1 amide bonds. The second kappa shape index (κ2) is 9.02. The average molecular weight is 390 g/mol. The molecule has 6 heteroatoms. The Morgan fingerprint density at radius 1 is 1.33 bits per heavy atom. The standard InChI is InChI=1S/C21H31N3O2S/c1-4-12-24-13-10-17-19(21(24)26)18(15(2)27-17)20(25)22-11-14-23(3)16-8-6-5-7-9-16/h10,13,16H,4-9,11-12,14H2,1-3H3,(H,22,25). The van der Waals surface area contributed by atoms with E-state index >= 15 is 0 Å². The van der Waals surface area contributed by atoms with E-state index in [4.69, 9.17) is 0 Å². The Balaban J connectivity index is 1.70. The lowest BCUT2D eigenvalue weighted by molar-refractivity contribution is 0.0946. The van der Waals surface area contributed by atoms with E-state index in [9.17, 15) is 9.59 Å². The number of hydrogen-bond acceptors (Lipinski definition) is 4. The number of aromatic nitrogens is 1. The van der Waals surface area contributed by atoms with Gasteiger partial charge in [0.15, 0.2) is 0 Å². The summed E-state index contributed by atoms with van der Waals surface area (Å²) < 4.78 is 2.61. The summed E-state index contributed by atoms with van der Waals surface area (Å²) in [6.45, 7) is 6.11. The molecule has 27 heavy (non-hydrogen) atoms. The number of hydrogen-bond donors (Lipinski definition) is 1. The van der Waals surface area contributed by atoms with Gasteiger partial charge in [-0.05, 0) is 39.3 Å². The molecule has 0 unspecified atom stereocenters. The Hall–Kier alpha value is -1.66. The predicted molar refractivity (Wildman–Crippen MR) is 113 cm³/mol. The van der Waals surface area contributed by atoms with Crippen LogP contribution in [-0.2, 0) is 6.54 Å². The van der Waals surface area contributed by atoms with E-state index < -0.39 is 0 Å². The minimum Gasteiger partial charge on any atom is -0.351 e. The molecule has 0 atom stereocenters. The van der Waals surface area contributed by atoms with Gasteiger partial charge in [-0.3, -0.25) is 9.59 Å². The second-order valence-electron chi connectivity index (χ2n) is 7.62. The lowest BCUT2D eigenvalue weighted by atomic mass is 9.94. The Kier molecular flexibility index (Phi) is 6.71. The molecule has 1 aliphatic carbocycles. The van der Waals surface area contributed by atoms with Crippen molar-refractivity contribution in [2.24, 2.45) is 0 Å². The first-order valence-corrected chi connectivity index (χ1v) is 11.0. The Labute approximate surface area is 165 Å². The van der Waals surface area contributed by atoms with Gasteiger partial charge in [-0.2, -0.15) is 0 Å². The van der Waals surface area contributed by atoms with Crippen LogP contribution in [0.25, 0.3) is 10.1 Å². The fraction of sp³-hybridized carbons (Fsp3) is 0.619. The SMILES string of the molecule is CCCn1ccc2sc(C)c(C(=O)NCCN(C)C3CCCCC3)c2c1=O. The van der Waals surface area contributed by atoms with E-state index in [2.05, 4.69) is 17.3 Å². The highest BCUT2D eigenvalue weighted by Gasteiger charge is 2.21. The van der Waals surface area contributed by atoms with Crippen molar-refractivity contribution in [1.29, 1.82) is 0 Å². The molecular formula is C21H31N3O2S. The number of likely N-dealkylation sites (N-methyl/N-ethyl adjacent to an activating group) is 1. The van der Waals surface area contributed by atoms with Crippen LogP contribution in [0.2, 0.25) is 0 Å². The van der Waals surface area contributed by atoms with Crippen LogP contribution in [0.1, 0.15) is 60.7 Å². The number of amides is 1. The van der Waals surface area contributed by atoms with Gasteiger partial charge in [0.25, 0.3) is 11.5 Å². The van der Waals surface area contributed by atoms with Crippen LogP contribution in [0, 0.1) is 6.92 Å². The summed E-state index contributed by atoms with van der Waals surface area (Å²) >= 11 is 1.53. The van der Waals surface area contributed by atoms with Crippen molar-refractivity contribution in [2.75, 3.05) is 20.1 Å². The molecule has 0 saturated heterocycles. The molecule has 1 fully saturated rings. The molecule has 2 aromatic heterocycles. The largest absolute Gasteiger partial charge is 0.351 e. The Morgan fingerprint density at radius 3 is 2.78 bits per heavy atom. The normalized spacial score (nSPS) is 15.6. The van der Waals surface area contributed by atoms with Gasteiger partial charge in [-0.15, -0.1) is 11.3 Å². The van der Waals surface area contributed by atoms with Gasteiger partial charge in [-0.1, -0.05) is 26.2 Å². The molecule has 1 saturated carbocycles. The number of aryl methyl sites for hydroxylation is 2. The van der Waals surface area contributed by atoms with E-state index in [0.717, 1.165) is 22.5 Å². The highest BCUT2D eigenvalue weighted by Crippen LogP contribution is 2.28. The molecule has 0 aliphatic heterocycles. The minimum atomic E-state index is -0.123. The maximum atomic E-state index is 12.8. The Bertz CT molecular complexity index is 849. The molecule has 0 spiro atoms. The van der Waals surface area contributed by atoms with Gasteiger partial charge in [0.05, 0.1) is 10.9 Å². The number of nitrogens with one attached hydrogen (secondary N) is 1. The number of carbonyl (C=O) groups is 1. The number of rotatable bonds is 7. The van der Waals surface area contributed by atoms with Crippen LogP contribution in [0.4, 0.5) is 0 Å². The molecule has 0 bridgehead atoms. The molecule has 1 aliphatic rings. The third-order valence-corrected chi connectivity index (χ3v) is 6.70. The fourth-order valence-electron chi connectivity index (χ4n) is 4.09. The average Bonchev–Trinajstić information content (AvgIpc) is 3.01. The number of carbonyl (C=O) groups excluding carboxylic acids is 1. The lowest BCUT2D eigenvalue weighted by Crippen LogP contribution is -2.39. The summed E-state index contributed by atoms with van der Waals surface area (Å²) in [4.78, 5) is 29.0. The molecule has 1 N–H and O–H groups in total. The number of nitrogens with zero attached hydrogens (tertiary/aromatic N) is 2. The topological polar surface area (TPSA) is 54.3 Å².